The van der Waals surface area contributed by atoms with Crippen LogP contribution in [0.4, 0.5) is 4.79 Å². The number of hydrogen-bond acceptors (Lipinski definition) is 6. The van der Waals surface area contributed by atoms with E-state index < -0.39 is 36.0 Å². The summed E-state index contributed by atoms with van der Waals surface area (Å²) in [6, 6.07) is 21.7. The number of carbonyl (C=O) groups excluding carboxylic acids is 3. The first-order valence-electron chi connectivity index (χ1n) is 11.5. The van der Waals surface area contributed by atoms with Crippen LogP contribution < -0.4 is 20.1 Å². The maximum atomic E-state index is 13.3. The Morgan fingerprint density at radius 3 is 1.92 bits per heavy atom. The molecule has 1 saturated heterocycles. The van der Waals surface area contributed by atoms with Crippen molar-refractivity contribution in [1.29, 1.82) is 5.26 Å². The van der Waals surface area contributed by atoms with Gasteiger partial charge in [0, 0.05) is 0 Å². The average Bonchev–Trinajstić information content (AvgIpc) is 3.15. The van der Waals surface area contributed by atoms with Gasteiger partial charge in [0.15, 0.2) is 0 Å². The van der Waals surface area contributed by atoms with Crippen molar-refractivity contribution in [3.8, 4) is 17.6 Å². The number of ether oxygens (including phenoxy) is 2. The van der Waals surface area contributed by atoms with Crippen molar-refractivity contribution in [2.45, 2.75) is 18.5 Å². The molecular weight excluding hydrogens is 472 g/mol. The van der Waals surface area contributed by atoms with Crippen molar-refractivity contribution in [3.05, 3.63) is 95.1 Å². The van der Waals surface area contributed by atoms with E-state index in [2.05, 4.69) is 10.6 Å². The molecule has 0 bridgehead atoms. The standard InChI is InChI=1S/C28H26N4O5/c1-28(21-10-4-18(16-29)5-11-21)26(34)32(27(35)31-28)17-24(33)30-25(19-6-12-22(36-2)13-7-19)20-8-14-23(37-3)15-9-20/h4-15,25H,17H2,1-3H3,(H,30,33)(H,31,35). The molecule has 188 valence electrons. The molecule has 0 saturated carbocycles. The molecule has 1 fully saturated rings. The SMILES string of the molecule is COc1ccc(C(NC(=O)CN2C(=O)NC(C)(c3ccc(C#N)cc3)C2=O)c2ccc(OC)cc2)cc1. The van der Waals surface area contributed by atoms with Crippen molar-refractivity contribution in [3.63, 3.8) is 0 Å². The predicted octanol–water partition coefficient (Wildman–Crippen LogP) is 3.25. The lowest BCUT2D eigenvalue weighted by Gasteiger charge is -2.23. The van der Waals surface area contributed by atoms with E-state index in [0.717, 1.165) is 16.0 Å². The van der Waals surface area contributed by atoms with Gasteiger partial charge in [-0.2, -0.15) is 5.26 Å². The van der Waals surface area contributed by atoms with Gasteiger partial charge >= 0.3 is 6.03 Å². The number of nitriles is 1. The smallest absolute Gasteiger partial charge is 0.325 e. The van der Waals surface area contributed by atoms with Crippen molar-refractivity contribution in [1.82, 2.24) is 15.5 Å². The first-order chi connectivity index (χ1) is 17.8. The minimum absolute atomic E-state index is 0.434. The van der Waals surface area contributed by atoms with Gasteiger partial charge in [0.2, 0.25) is 5.91 Å². The molecule has 3 aromatic carbocycles. The Bertz CT molecular complexity index is 1300. The van der Waals surface area contributed by atoms with Gasteiger partial charge in [-0.15, -0.1) is 0 Å². The Morgan fingerprint density at radius 2 is 1.46 bits per heavy atom. The molecule has 4 amide bonds. The molecule has 0 spiro atoms. The van der Waals surface area contributed by atoms with Crippen LogP contribution in [-0.4, -0.2) is 43.5 Å². The Hall–Kier alpha value is -4.84. The third-order valence-electron chi connectivity index (χ3n) is 6.37. The zero-order chi connectivity index (χ0) is 26.6. The number of imide groups is 1. The average molecular weight is 499 g/mol. The molecule has 3 aromatic rings. The number of methoxy groups -OCH3 is 2. The van der Waals surface area contributed by atoms with E-state index in [1.54, 1.807) is 69.7 Å². The highest BCUT2D eigenvalue weighted by Gasteiger charge is 2.49. The molecule has 0 aliphatic carbocycles. The molecular formula is C28H26N4O5. The lowest BCUT2D eigenvalue weighted by atomic mass is 9.91. The van der Waals surface area contributed by atoms with Crippen LogP contribution >= 0.6 is 0 Å². The molecule has 9 nitrogen and oxygen atoms in total. The summed E-state index contributed by atoms with van der Waals surface area (Å²) >= 11 is 0. The number of benzene rings is 3. The summed E-state index contributed by atoms with van der Waals surface area (Å²) in [6.07, 6.45) is 0. The number of hydrogen-bond donors (Lipinski definition) is 2. The second kappa shape index (κ2) is 10.4. The number of nitrogens with one attached hydrogen (secondary N) is 2. The molecule has 37 heavy (non-hydrogen) atoms. The highest BCUT2D eigenvalue weighted by Crippen LogP contribution is 2.30. The zero-order valence-corrected chi connectivity index (χ0v) is 20.6. The van der Waals surface area contributed by atoms with E-state index in [9.17, 15) is 14.4 Å². The fourth-order valence-electron chi connectivity index (χ4n) is 4.22. The van der Waals surface area contributed by atoms with Crippen LogP contribution in [0.2, 0.25) is 0 Å². The van der Waals surface area contributed by atoms with E-state index in [1.165, 1.54) is 0 Å². The summed E-state index contributed by atoms with van der Waals surface area (Å²) in [4.78, 5) is 40.0. The van der Waals surface area contributed by atoms with Gasteiger partial charge in [0.05, 0.1) is 31.9 Å². The summed E-state index contributed by atoms with van der Waals surface area (Å²) in [5.74, 6) is 0.280. The number of nitrogens with zero attached hydrogens (tertiary/aromatic N) is 2. The maximum absolute atomic E-state index is 13.3. The summed E-state index contributed by atoms with van der Waals surface area (Å²) in [5, 5.41) is 14.7. The largest absolute Gasteiger partial charge is 0.497 e. The van der Waals surface area contributed by atoms with Gasteiger partial charge in [0.1, 0.15) is 23.6 Å². The molecule has 9 heteroatoms. The van der Waals surface area contributed by atoms with Crippen LogP contribution in [0, 0.1) is 11.3 Å². The number of carbonyl (C=O) groups is 3. The normalized spacial score (nSPS) is 16.8. The molecule has 1 aliphatic rings. The number of rotatable bonds is 8. The van der Waals surface area contributed by atoms with Crippen molar-refractivity contribution < 1.29 is 23.9 Å². The molecule has 1 atom stereocenters. The highest BCUT2D eigenvalue weighted by atomic mass is 16.5. The summed E-state index contributed by atoms with van der Waals surface area (Å²) in [5.41, 5.74) is 1.18. The first-order valence-corrected chi connectivity index (χ1v) is 11.5. The molecule has 1 aliphatic heterocycles. The van der Waals surface area contributed by atoms with Gasteiger partial charge in [-0.05, 0) is 60.0 Å². The topological polar surface area (TPSA) is 121 Å². The predicted molar refractivity (Wildman–Crippen MR) is 135 cm³/mol. The van der Waals surface area contributed by atoms with Crippen molar-refractivity contribution in [2.24, 2.45) is 0 Å². The lowest BCUT2D eigenvalue weighted by Crippen LogP contribution is -2.44. The monoisotopic (exact) mass is 498 g/mol. The Labute approximate surface area is 214 Å². The van der Waals surface area contributed by atoms with E-state index in [-0.39, 0.29) is 0 Å². The molecule has 4 rings (SSSR count). The fraction of sp³-hybridized carbons (Fsp3) is 0.214. The molecule has 2 N–H and O–H groups in total. The van der Waals surface area contributed by atoms with Crippen molar-refractivity contribution in [2.75, 3.05) is 20.8 Å². The minimum Gasteiger partial charge on any atom is -0.497 e. The van der Waals surface area contributed by atoms with Crippen molar-refractivity contribution >= 4 is 17.8 Å². The molecule has 0 radical (unpaired) electrons. The quantitative estimate of drug-likeness (QED) is 0.460. The molecule has 0 aromatic heterocycles. The van der Waals surface area contributed by atoms with Gasteiger partial charge in [-0.25, -0.2) is 4.79 Å². The highest BCUT2D eigenvalue weighted by molar-refractivity contribution is 6.09. The fourth-order valence-corrected chi connectivity index (χ4v) is 4.22. The van der Waals surface area contributed by atoms with E-state index in [0.29, 0.717) is 22.6 Å². The third-order valence-corrected chi connectivity index (χ3v) is 6.37. The summed E-state index contributed by atoms with van der Waals surface area (Å²) < 4.78 is 10.5. The number of urea groups is 1. The van der Waals surface area contributed by atoms with Crippen LogP contribution in [0.5, 0.6) is 11.5 Å². The van der Waals surface area contributed by atoms with Crippen LogP contribution in [0.25, 0.3) is 0 Å². The van der Waals surface area contributed by atoms with Crippen LogP contribution in [0.1, 0.15) is 35.2 Å². The van der Waals surface area contributed by atoms with Crippen LogP contribution in [-0.2, 0) is 15.1 Å². The zero-order valence-electron chi connectivity index (χ0n) is 20.6. The molecule has 1 heterocycles. The van der Waals surface area contributed by atoms with Gasteiger partial charge in [-0.1, -0.05) is 36.4 Å². The first kappa shape index (κ1) is 25.3. The number of amides is 4. The lowest BCUT2D eigenvalue weighted by molar-refractivity contribution is -0.135. The van der Waals surface area contributed by atoms with E-state index >= 15 is 0 Å². The Kier molecular flexibility index (Phi) is 7.11. The van der Waals surface area contributed by atoms with E-state index in [4.69, 9.17) is 14.7 Å². The Morgan fingerprint density at radius 1 is 0.946 bits per heavy atom. The third kappa shape index (κ3) is 5.09. The van der Waals surface area contributed by atoms with E-state index in [1.807, 2.05) is 30.3 Å². The van der Waals surface area contributed by atoms with Crippen LogP contribution in [0.15, 0.2) is 72.8 Å². The maximum Gasteiger partial charge on any atom is 0.325 e. The second-order valence-electron chi connectivity index (χ2n) is 8.68. The van der Waals surface area contributed by atoms with Gasteiger partial charge in [0.25, 0.3) is 5.91 Å². The Balaban J connectivity index is 1.55. The summed E-state index contributed by atoms with van der Waals surface area (Å²) in [6.45, 7) is 1.11. The second-order valence-corrected chi connectivity index (χ2v) is 8.68. The molecule has 1 unspecified atom stereocenters. The van der Waals surface area contributed by atoms with Crippen LogP contribution in [0.3, 0.4) is 0 Å². The summed E-state index contributed by atoms with van der Waals surface area (Å²) in [7, 11) is 3.14. The van der Waals surface area contributed by atoms with Gasteiger partial charge in [-0.3, -0.25) is 14.5 Å². The van der Waals surface area contributed by atoms with Gasteiger partial charge < -0.3 is 20.1 Å². The minimum atomic E-state index is -1.35.